The van der Waals surface area contributed by atoms with Crippen molar-refractivity contribution in [2.45, 2.75) is 6.61 Å². The summed E-state index contributed by atoms with van der Waals surface area (Å²) in [6.07, 6.45) is 2.94. The van der Waals surface area contributed by atoms with Gasteiger partial charge in [-0.3, -0.25) is 0 Å². The fourth-order valence-corrected chi connectivity index (χ4v) is 2.16. The molecule has 0 aliphatic carbocycles. The number of aromatic nitrogens is 2. The normalized spacial score (nSPS) is 10.9. The quantitative estimate of drug-likeness (QED) is 0.515. The Morgan fingerprint density at radius 1 is 1.12 bits per heavy atom. The van der Waals surface area contributed by atoms with Crippen molar-refractivity contribution < 1.29 is 13.9 Å². The lowest BCUT2D eigenvalue weighted by Crippen LogP contribution is -2.00. The van der Waals surface area contributed by atoms with E-state index in [9.17, 15) is 4.79 Å². The predicted molar refractivity (Wildman–Crippen MR) is 90.0 cm³/mol. The Hall–Kier alpha value is -2.92. The van der Waals surface area contributed by atoms with Crippen molar-refractivity contribution in [3.63, 3.8) is 0 Å². The molecule has 0 N–H and O–H groups in total. The molecule has 120 valence electrons. The predicted octanol–water partition coefficient (Wildman–Crippen LogP) is 4.15. The summed E-state index contributed by atoms with van der Waals surface area (Å²) in [6, 6.07) is 16.5. The van der Waals surface area contributed by atoms with Crippen LogP contribution in [0.3, 0.4) is 0 Å². The molecule has 5 nitrogen and oxygen atoms in total. The van der Waals surface area contributed by atoms with Crippen LogP contribution in [0.4, 0.5) is 0 Å². The molecule has 0 atom stereocenters. The molecular formula is C18H13ClN2O3. The molecule has 0 fully saturated rings. The van der Waals surface area contributed by atoms with Gasteiger partial charge in [0.15, 0.2) is 6.61 Å². The van der Waals surface area contributed by atoms with Crippen molar-refractivity contribution >= 4 is 23.6 Å². The van der Waals surface area contributed by atoms with Crippen LogP contribution in [-0.2, 0) is 16.1 Å². The summed E-state index contributed by atoms with van der Waals surface area (Å²) in [4.78, 5) is 11.7. The van der Waals surface area contributed by atoms with Gasteiger partial charge in [-0.15, -0.1) is 10.2 Å². The van der Waals surface area contributed by atoms with Gasteiger partial charge in [-0.25, -0.2) is 4.79 Å². The summed E-state index contributed by atoms with van der Waals surface area (Å²) in [5.74, 6) is 0.115. The zero-order valence-electron chi connectivity index (χ0n) is 12.6. The number of carbonyl (C=O) groups is 1. The van der Waals surface area contributed by atoms with Crippen LogP contribution in [0.1, 0.15) is 11.5 Å². The van der Waals surface area contributed by atoms with E-state index in [0.29, 0.717) is 10.9 Å². The Bertz CT molecular complexity index is 859. The van der Waals surface area contributed by atoms with Gasteiger partial charge in [-0.1, -0.05) is 41.9 Å². The third kappa shape index (κ3) is 4.30. The van der Waals surface area contributed by atoms with Crippen molar-refractivity contribution in [2.75, 3.05) is 0 Å². The molecule has 2 aromatic carbocycles. The van der Waals surface area contributed by atoms with Crippen molar-refractivity contribution in [2.24, 2.45) is 0 Å². The zero-order chi connectivity index (χ0) is 16.8. The van der Waals surface area contributed by atoms with E-state index >= 15 is 0 Å². The minimum atomic E-state index is -0.505. The fraction of sp³-hybridized carbons (Fsp3) is 0.0556. The molecule has 3 aromatic rings. The van der Waals surface area contributed by atoms with Gasteiger partial charge < -0.3 is 9.15 Å². The first-order valence-electron chi connectivity index (χ1n) is 7.19. The Morgan fingerprint density at radius 2 is 1.96 bits per heavy atom. The third-order valence-electron chi connectivity index (χ3n) is 3.09. The zero-order valence-corrected chi connectivity index (χ0v) is 13.3. The monoisotopic (exact) mass is 340 g/mol. The van der Waals surface area contributed by atoms with Crippen LogP contribution in [0, 0.1) is 0 Å². The van der Waals surface area contributed by atoms with Crippen molar-refractivity contribution in [1.82, 2.24) is 10.2 Å². The first-order chi connectivity index (χ1) is 11.7. The fourth-order valence-electron chi connectivity index (χ4n) is 1.96. The Balaban J connectivity index is 1.56. The van der Waals surface area contributed by atoms with Gasteiger partial charge >= 0.3 is 5.97 Å². The Kier molecular flexibility index (Phi) is 5.03. The molecule has 0 spiro atoms. The second kappa shape index (κ2) is 7.57. The number of ether oxygens (including phenoxy) is 1. The number of rotatable bonds is 5. The minimum absolute atomic E-state index is 0.0848. The molecular weight excluding hydrogens is 328 g/mol. The van der Waals surface area contributed by atoms with E-state index in [1.54, 1.807) is 24.3 Å². The van der Waals surface area contributed by atoms with Gasteiger partial charge in [0.05, 0.1) is 0 Å². The SMILES string of the molecule is O=C(/C=C/c1cccc(Cl)c1)OCc1nnc(-c2ccccc2)o1. The summed E-state index contributed by atoms with van der Waals surface area (Å²) < 4.78 is 10.5. The molecule has 0 saturated carbocycles. The summed E-state index contributed by atoms with van der Waals surface area (Å²) in [5.41, 5.74) is 1.62. The molecule has 1 heterocycles. The summed E-state index contributed by atoms with van der Waals surface area (Å²) in [5, 5.41) is 8.39. The largest absolute Gasteiger partial charge is 0.452 e. The van der Waals surface area contributed by atoms with Gasteiger partial charge in [0.2, 0.25) is 5.89 Å². The molecule has 3 rings (SSSR count). The number of benzene rings is 2. The lowest BCUT2D eigenvalue weighted by Gasteiger charge is -1.98. The highest BCUT2D eigenvalue weighted by atomic mass is 35.5. The number of halogens is 1. The van der Waals surface area contributed by atoms with Gasteiger partial charge in [0.25, 0.3) is 5.89 Å². The number of hydrogen-bond donors (Lipinski definition) is 0. The number of carbonyl (C=O) groups excluding carboxylic acids is 1. The van der Waals surface area contributed by atoms with Crippen LogP contribution in [0.25, 0.3) is 17.5 Å². The van der Waals surface area contributed by atoms with Crippen molar-refractivity contribution in [3.8, 4) is 11.5 Å². The van der Waals surface area contributed by atoms with Crippen LogP contribution in [0.5, 0.6) is 0 Å². The molecule has 0 aliphatic heterocycles. The maximum Gasteiger partial charge on any atom is 0.331 e. The number of hydrogen-bond acceptors (Lipinski definition) is 5. The summed E-state index contributed by atoms with van der Waals surface area (Å²) in [7, 11) is 0. The van der Waals surface area contributed by atoms with E-state index in [2.05, 4.69) is 10.2 Å². The Morgan fingerprint density at radius 3 is 2.75 bits per heavy atom. The smallest absolute Gasteiger partial charge is 0.331 e. The topological polar surface area (TPSA) is 65.2 Å². The van der Waals surface area contributed by atoms with Crippen molar-refractivity contribution in [1.29, 1.82) is 0 Å². The first kappa shape index (κ1) is 16.0. The molecule has 6 heteroatoms. The van der Waals surface area contributed by atoms with Crippen LogP contribution < -0.4 is 0 Å². The maximum absolute atomic E-state index is 11.7. The van der Waals surface area contributed by atoms with E-state index in [1.165, 1.54) is 6.08 Å². The highest BCUT2D eigenvalue weighted by molar-refractivity contribution is 6.30. The second-order valence-electron chi connectivity index (χ2n) is 4.86. The van der Waals surface area contributed by atoms with Crippen LogP contribution in [0.15, 0.2) is 65.1 Å². The van der Waals surface area contributed by atoms with E-state index in [0.717, 1.165) is 11.1 Å². The molecule has 0 saturated heterocycles. The van der Waals surface area contributed by atoms with E-state index in [4.69, 9.17) is 20.8 Å². The highest BCUT2D eigenvalue weighted by Gasteiger charge is 2.09. The average molecular weight is 341 g/mol. The molecule has 0 aliphatic rings. The molecule has 0 radical (unpaired) electrons. The van der Waals surface area contributed by atoms with Crippen molar-refractivity contribution in [3.05, 3.63) is 77.2 Å². The molecule has 24 heavy (non-hydrogen) atoms. The van der Waals surface area contributed by atoms with E-state index in [1.807, 2.05) is 36.4 Å². The van der Waals surface area contributed by atoms with E-state index in [-0.39, 0.29) is 12.5 Å². The van der Waals surface area contributed by atoms with Gasteiger partial charge in [0, 0.05) is 16.7 Å². The highest BCUT2D eigenvalue weighted by Crippen LogP contribution is 2.17. The summed E-state index contributed by atoms with van der Waals surface area (Å²) in [6.45, 7) is -0.0848. The molecule has 0 amide bonds. The van der Waals surface area contributed by atoms with Crippen LogP contribution in [-0.4, -0.2) is 16.2 Å². The first-order valence-corrected chi connectivity index (χ1v) is 7.57. The van der Waals surface area contributed by atoms with Crippen LogP contribution in [0.2, 0.25) is 5.02 Å². The van der Waals surface area contributed by atoms with E-state index < -0.39 is 5.97 Å². The summed E-state index contributed by atoms with van der Waals surface area (Å²) >= 11 is 5.88. The second-order valence-corrected chi connectivity index (χ2v) is 5.30. The Labute approximate surface area is 143 Å². The lowest BCUT2D eigenvalue weighted by atomic mass is 10.2. The lowest BCUT2D eigenvalue weighted by molar-refractivity contribution is -0.139. The van der Waals surface area contributed by atoms with Gasteiger partial charge in [-0.05, 0) is 35.9 Å². The number of nitrogens with zero attached hydrogens (tertiary/aromatic N) is 2. The average Bonchev–Trinajstić information content (AvgIpc) is 3.08. The van der Waals surface area contributed by atoms with Gasteiger partial charge in [-0.2, -0.15) is 0 Å². The molecule has 0 bridgehead atoms. The third-order valence-corrected chi connectivity index (χ3v) is 3.32. The maximum atomic E-state index is 11.7. The van der Waals surface area contributed by atoms with Crippen LogP contribution >= 0.6 is 11.6 Å². The molecule has 0 unspecified atom stereocenters. The molecule has 1 aromatic heterocycles. The standard InChI is InChI=1S/C18H13ClN2O3/c19-15-8-4-5-13(11-15)9-10-17(22)23-12-16-20-21-18(24-16)14-6-2-1-3-7-14/h1-11H,12H2/b10-9+. The van der Waals surface area contributed by atoms with Gasteiger partial charge in [0.1, 0.15) is 0 Å². The number of esters is 1. The minimum Gasteiger partial charge on any atom is -0.452 e.